The summed E-state index contributed by atoms with van der Waals surface area (Å²) < 4.78 is 44.6. The molecule has 0 aliphatic carbocycles. The Morgan fingerprint density at radius 3 is 2.46 bits per heavy atom. The van der Waals surface area contributed by atoms with Crippen LogP contribution in [0.5, 0.6) is 0 Å². The summed E-state index contributed by atoms with van der Waals surface area (Å²) in [6, 6.07) is 4.51. The first-order chi connectivity index (χ1) is 12.1. The van der Waals surface area contributed by atoms with Gasteiger partial charge < -0.3 is 0 Å². The fourth-order valence-corrected chi connectivity index (χ4v) is 4.75. The number of pyridine rings is 1. The molecule has 0 aliphatic rings. The van der Waals surface area contributed by atoms with E-state index >= 15 is 0 Å². The van der Waals surface area contributed by atoms with Crippen molar-refractivity contribution in [3.05, 3.63) is 56.4 Å². The topological polar surface area (TPSA) is 86.0 Å². The van der Waals surface area contributed by atoms with Crippen LogP contribution in [-0.4, -0.2) is 22.5 Å². The van der Waals surface area contributed by atoms with Crippen molar-refractivity contribution in [3.8, 4) is 0 Å². The van der Waals surface area contributed by atoms with Crippen LogP contribution in [0, 0.1) is 12.9 Å². The molecule has 0 saturated carbocycles. The number of aromatic nitrogens is 3. The fourth-order valence-electron chi connectivity index (χ4n) is 2.69. The van der Waals surface area contributed by atoms with Crippen LogP contribution in [0.2, 0.25) is 0 Å². The van der Waals surface area contributed by atoms with Crippen LogP contribution in [0.15, 0.2) is 38.6 Å². The predicted molar refractivity (Wildman–Crippen MR) is 98.8 cm³/mol. The Labute approximate surface area is 157 Å². The number of fused-ring (bicyclic) bond motifs is 1. The lowest BCUT2D eigenvalue weighted by atomic mass is 10.2. The second-order valence-corrected chi connectivity index (χ2v) is 8.55. The molecule has 10 heteroatoms. The average molecular weight is 443 g/mol. The molecule has 0 atom stereocenters. The first-order valence-electron chi connectivity index (χ1n) is 7.57. The minimum absolute atomic E-state index is 0.0350. The third kappa shape index (κ3) is 3.19. The van der Waals surface area contributed by atoms with E-state index in [9.17, 15) is 17.6 Å². The largest absolute Gasteiger partial charge is 0.328 e. The van der Waals surface area contributed by atoms with Gasteiger partial charge in [-0.05, 0) is 46.6 Å². The minimum atomic E-state index is -3.95. The molecule has 3 aromatic rings. The van der Waals surface area contributed by atoms with Gasteiger partial charge in [0.15, 0.2) is 0 Å². The van der Waals surface area contributed by atoms with Crippen LogP contribution in [0.4, 0.5) is 4.39 Å². The van der Waals surface area contributed by atoms with E-state index < -0.39 is 16.0 Å². The molecule has 7 nitrogen and oxygen atoms in total. The highest BCUT2D eigenvalue weighted by atomic mass is 79.9. The molecule has 0 bridgehead atoms. The van der Waals surface area contributed by atoms with Gasteiger partial charge in [0, 0.05) is 36.9 Å². The van der Waals surface area contributed by atoms with Crippen LogP contribution in [-0.2, 0) is 30.7 Å². The molecule has 0 unspecified atom stereocenters. The van der Waals surface area contributed by atoms with Gasteiger partial charge in [-0.3, -0.25) is 9.13 Å². The maximum atomic E-state index is 13.7. The second-order valence-electron chi connectivity index (χ2n) is 5.96. The average Bonchev–Trinajstić information content (AvgIpc) is 2.79. The molecule has 0 spiro atoms. The van der Waals surface area contributed by atoms with Crippen molar-refractivity contribution in [2.24, 2.45) is 14.1 Å². The monoisotopic (exact) mass is 442 g/mol. The van der Waals surface area contributed by atoms with E-state index in [2.05, 4.69) is 25.6 Å². The Morgan fingerprint density at radius 2 is 1.81 bits per heavy atom. The van der Waals surface area contributed by atoms with E-state index in [4.69, 9.17) is 0 Å². The number of hydrogen-bond acceptors (Lipinski definition) is 4. The van der Waals surface area contributed by atoms with Gasteiger partial charge in [0.25, 0.3) is 0 Å². The smallest absolute Gasteiger partial charge is 0.295 e. The van der Waals surface area contributed by atoms with Crippen molar-refractivity contribution in [3.63, 3.8) is 0 Å². The lowest BCUT2D eigenvalue weighted by Crippen LogP contribution is -2.24. The molecule has 26 heavy (non-hydrogen) atoms. The molecule has 0 saturated heterocycles. The highest BCUT2D eigenvalue weighted by molar-refractivity contribution is 9.10. The molecule has 0 fully saturated rings. The molecule has 2 aromatic heterocycles. The number of halogens is 2. The molecular formula is C16H16BrFN4O3S. The number of imidazole rings is 1. The Bertz CT molecular complexity index is 1180. The fraction of sp³-hybridized carbons (Fsp3) is 0.250. The Balaban J connectivity index is 2.01. The second kappa shape index (κ2) is 6.60. The van der Waals surface area contributed by atoms with Crippen molar-refractivity contribution in [1.82, 2.24) is 18.8 Å². The number of hydrogen-bond donors (Lipinski definition) is 1. The summed E-state index contributed by atoms with van der Waals surface area (Å²) >= 11 is 3.24. The van der Waals surface area contributed by atoms with Crippen molar-refractivity contribution in [1.29, 1.82) is 0 Å². The van der Waals surface area contributed by atoms with Crippen molar-refractivity contribution < 1.29 is 12.8 Å². The van der Waals surface area contributed by atoms with E-state index in [1.807, 2.05) is 0 Å². The van der Waals surface area contributed by atoms with E-state index in [1.165, 1.54) is 27.5 Å². The minimum Gasteiger partial charge on any atom is -0.295 e. The predicted octanol–water partition coefficient (Wildman–Crippen LogP) is 1.96. The molecular weight excluding hydrogens is 427 g/mol. The van der Waals surface area contributed by atoms with Gasteiger partial charge in [0.2, 0.25) is 16.0 Å². The summed E-state index contributed by atoms with van der Waals surface area (Å²) in [5.41, 5.74) is 1.68. The van der Waals surface area contributed by atoms with Gasteiger partial charge in [0.1, 0.15) is 0 Å². The van der Waals surface area contributed by atoms with Crippen molar-refractivity contribution in [2.45, 2.75) is 18.4 Å². The van der Waals surface area contributed by atoms with E-state index in [0.29, 0.717) is 15.5 Å². The Kier molecular flexibility index (Phi) is 4.76. The number of sulfonamides is 1. The van der Waals surface area contributed by atoms with Crippen LogP contribution in [0.1, 0.15) is 11.1 Å². The Hall–Kier alpha value is -2.04. The maximum absolute atomic E-state index is 13.7. The summed E-state index contributed by atoms with van der Waals surface area (Å²) in [5.74, 6) is -0.724. The van der Waals surface area contributed by atoms with Crippen LogP contribution in [0.25, 0.3) is 11.0 Å². The molecule has 138 valence electrons. The molecule has 1 N–H and O–H groups in total. The standard InChI is InChI=1S/C16H16BrFN4O3S/c1-9-4-10(15(18)19-7-9)8-20-26(24,25)14-6-13-12(5-11(14)17)21(2)16(23)22(13)3/h4-7,20H,8H2,1-3H3. The lowest BCUT2D eigenvalue weighted by Gasteiger charge is -2.10. The van der Waals surface area contributed by atoms with Gasteiger partial charge in [-0.2, -0.15) is 4.39 Å². The van der Waals surface area contributed by atoms with Gasteiger partial charge in [-0.15, -0.1) is 0 Å². The zero-order valence-electron chi connectivity index (χ0n) is 14.2. The SMILES string of the molecule is Cc1cnc(F)c(CNS(=O)(=O)c2cc3c(cc2Br)n(C)c(=O)n3C)c1. The zero-order valence-corrected chi connectivity index (χ0v) is 16.6. The molecule has 0 aliphatic heterocycles. The van der Waals surface area contributed by atoms with Gasteiger partial charge in [-0.25, -0.2) is 22.9 Å². The zero-order chi connectivity index (χ0) is 19.2. The van der Waals surface area contributed by atoms with Gasteiger partial charge in [0.05, 0.1) is 15.9 Å². The van der Waals surface area contributed by atoms with Crippen LogP contribution >= 0.6 is 15.9 Å². The van der Waals surface area contributed by atoms with Crippen LogP contribution in [0.3, 0.4) is 0 Å². The third-order valence-corrected chi connectivity index (χ3v) is 6.48. The molecule has 1 aromatic carbocycles. The van der Waals surface area contributed by atoms with Gasteiger partial charge in [-0.1, -0.05) is 0 Å². The van der Waals surface area contributed by atoms with Gasteiger partial charge >= 0.3 is 5.69 Å². The van der Waals surface area contributed by atoms with E-state index in [1.54, 1.807) is 27.1 Å². The quantitative estimate of drug-likeness (QED) is 0.625. The summed E-state index contributed by atoms with van der Waals surface area (Å²) in [5, 5.41) is 0. The molecule has 2 heterocycles. The highest BCUT2D eigenvalue weighted by Crippen LogP contribution is 2.27. The summed E-state index contributed by atoms with van der Waals surface area (Å²) in [6.45, 7) is 1.51. The van der Waals surface area contributed by atoms with Crippen LogP contribution < -0.4 is 10.4 Å². The third-order valence-electron chi connectivity index (χ3n) is 4.12. The van der Waals surface area contributed by atoms with E-state index in [0.717, 1.165) is 5.56 Å². The number of nitrogens with zero attached hydrogens (tertiary/aromatic N) is 3. The summed E-state index contributed by atoms with van der Waals surface area (Å²) in [6.07, 6.45) is 1.37. The summed E-state index contributed by atoms with van der Waals surface area (Å²) in [4.78, 5) is 15.6. The van der Waals surface area contributed by atoms with E-state index in [-0.39, 0.29) is 22.7 Å². The number of aryl methyl sites for hydroxylation is 3. The first kappa shape index (κ1) is 18.7. The molecule has 0 amide bonds. The first-order valence-corrected chi connectivity index (χ1v) is 9.85. The highest BCUT2D eigenvalue weighted by Gasteiger charge is 2.21. The lowest BCUT2D eigenvalue weighted by molar-refractivity contribution is 0.555. The normalized spacial score (nSPS) is 12.0. The number of nitrogens with one attached hydrogen (secondary N) is 1. The maximum Gasteiger partial charge on any atom is 0.328 e. The van der Waals surface area contributed by atoms with Crippen molar-refractivity contribution >= 4 is 37.0 Å². The summed E-state index contributed by atoms with van der Waals surface area (Å²) in [7, 11) is -0.773. The Morgan fingerprint density at radius 1 is 1.19 bits per heavy atom. The molecule has 3 rings (SSSR count). The number of rotatable bonds is 4. The number of benzene rings is 1. The molecule has 0 radical (unpaired) electrons. The van der Waals surface area contributed by atoms with Crippen molar-refractivity contribution in [2.75, 3.05) is 0 Å².